The molecule has 0 aliphatic carbocycles. The second kappa shape index (κ2) is 7.30. The summed E-state index contributed by atoms with van der Waals surface area (Å²) in [6.45, 7) is 7.02. The van der Waals surface area contributed by atoms with E-state index >= 15 is 0 Å². The van der Waals surface area contributed by atoms with Crippen LogP contribution in [-0.4, -0.2) is 36.1 Å². The number of nitrogens with one attached hydrogen (secondary N) is 1. The van der Waals surface area contributed by atoms with Crippen molar-refractivity contribution in [2.45, 2.75) is 26.2 Å². The monoisotopic (exact) mass is 317 g/mol. The average Bonchev–Trinajstić information content (AvgIpc) is 2.98. The Morgan fingerprint density at radius 2 is 2.27 bits per heavy atom. The van der Waals surface area contributed by atoms with Gasteiger partial charge in [-0.25, -0.2) is 0 Å². The van der Waals surface area contributed by atoms with Gasteiger partial charge < -0.3 is 10.2 Å². The van der Waals surface area contributed by atoms with Crippen LogP contribution >= 0.6 is 11.6 Å². The van der Waals surface area contributed by atoms with Gasteiger partial charge in [0, 0.05) is 35.4 Å². The summed E-state index contributed by atoms with van der Waals surface area (Å²) < 4.78 is 0. The van der Waals surface area contributed by atoms with Gasteiger partial charge in [-0.3, -0.25) is 4.98 Å². The van der Waals surface area contributed by atoms with Crippen molar-refractivity contribution < 1.29 is 0 Å². The maximum absolute atomic E-state index is 6.04. The number of unbranched alkanes of at least 4 members (excludes halogenated alkanes) is 1. The van der Waals surface area contributed by atoms with Gasteiger partial charge in [-0.05, 0) is 56.1 Å². The molecule has 0 spiro atoms. The summed E-state index contributed by atoms with van der Waals surface area (Å²) in [5.74, 6) is 0.743. The Bertz CT molecular complexity index is 629. The molecule has 1 aliphatic rings. The number of likely N-dealkylation sites (tertiary alicyclic amines) is 1. The quantitative estimate of drug-likeness (QED) is 0.854. The first-order valence-electron chi connectivity index (χ1n) is 8.26. The Kier molecular flexibility index (Phi) is 5.16. The summed E-state index contributed by atoms with van der Waals surface area (Å²) in [5, 5.41) is 5.50. The Morgan fingerprint density at radius 3 is 3.14 bits per heavy atom. The van der Waals surface area contributed by atoms with Gasteiger partial charge in [0.15, 0.2) is 0 Å². The Labute approximate surface area is 137 Å². The zero-order valence-electron chi connectivity index (χ0n) is 13.2. The maximum Gasteiger partial charge on any atom is 0.0737 e. The van der Waals surface area contributed by atoms with Crippen molar-refractivity contribution in [3.05, 3.63) is 35.5 Å². The van der Waals surface area contributed by atoms with E-state index in [1.165, 1.54) is 38.9 Å². The lowest BCUT2D eigenvalue weighted by atomic mass is 10.1. The van der Waals surface area contributed by atoms with Gasteiger partial charge in [0.2, 0.25) is 0 Å². The van der Waals surface area contributed by atoms with Crippen LogP contribution in [0.1, 0.15) is 26.2 Å². The summed E-state index contributed by atoms with van der Waals surface area (Å²) in [4.78, 5) is 6.99. The number of pyridine rings is 1. The van der Waals surface area contributed by atoms with Crippen LogP contribution in [0.15, 0.2) is 30.5 Å². The van der Waals surface area contributed by atoms with Crippen molar-refractivity contribution in [3.8, 4) is 0 Å². The van der Waals surface area contributed by atoms with Crippen LogP contribution in [0.4, 0.5) is 5.69 Å². The van der Waals surface area contributed by atoms with Gasteiger partial charge in [-0.1, -0.05) is 24.9 Å². The minimum Gasteiger partial charge on any atom is -0.384 e. The van der Waals surface area contributed by atoms with Crippen molar-refractivity contribution in [1.82, 2.24) is 9.88 Å². The highest BCUT2D eigenvalue weighted by Gasteiger charge is 2.21. The van der Waals surface area contributed by atoms with Gasteiger partial charge >= 0.3 is 0 Å². The fourth-order valence-corrected chi connectivity index (χ4v) is 3.36. The van der Waals surface area contributed by atoms with E-state index in [0.29, 0.717) is 0 Å². The lowest BCUT2D eigenvalue weighted by Gasteiger charge is -2.16. The van der Waals surface area contributed by atoms with E-state index in [1.54, 1.807) is 0 Å². The number of halogens is 1. The van der Waals surface area contributed by atoms with Crippen LogP contribution in [0.2, 0.25) is 5.02 Å². The van der Waals surface area contributed by atoms with Crippen LogP contribution in [0.3, 0.4) is 0 Å². The van der Waals surface area contributed by atoms with E-state index in [9.17, 15) is 0 Å². The number of rotatable bonds is 6. The van der Waals surface area contributed by atoms with Crippen LogP contribution in [-0.2, 0) is 0 Å². The minimum atomic E-state index is 0.736. The Balaban J connectivity index is 1.60. The van der Waals surface area contributed by atoms with Gasteiger partial charge in [-0.2, -0.15) is 0 Å². The second-order valence-electron chi connectivity index (χ2n) is 6.21. The molecule has 1 aliphatic heterocycles. The van der Waals surface area contributed by atoms with Gasteiger partial charge in [0.1, 0.15) is 0 Å². The van der Waals surface area contributed by atoms with E-state index in [1.807, 2.05) is 18.3 Å². The van der Waals surface area contributed by atoms with Gasteiger partial charge in [-0.15, -0.1) is 0 Å². The molecule has 0 unspecified atom stereocenters. The van der Waals surface area contributed by atoms with Crippen LogP contribution in [0, 0.1) is 5.92 Å². The molecular formula is C18H24ClN3. The van der Waals surface area contributed by atoms with E-state index in [-0.39, 0.29) is 0 Å². The fraction of sp³-hybridized carbons (Fsp3) is 0.500. The van der Waals surface area contributed by atoms with Crippen molar-refractivity contribution in [3.63, 3.8) is 0 Å². The molecule has 2 aromatic rings. The zero-order valence-corrected chi connectivity index (χ0v) is 13.9. The number of hydrogen-bond acceptors (Lipinski definition) is 3. The Morgan fingerprint density at radius 1 is 1.36 bits per heavy atom. The SMILES string of the molecule is CCCCN1CC[C@@H](CNc2ccnc3cc(Cl)ccc23)C1. The molecule has 1 aromatic heterocycles. The van der Waals surface area contributed by atoms with Crippen molar-refractivity contribution >= 4 is 28.2 Å². The molecule has 2 heterocycles. The second-order valence-corrected chi connectivity index (χ2v) is 6.65. The molecule has 0 amide bonds. The largest absolute Gasteiger partial charge is 0.384 e. The zero-order chi connectivity index (χ0) is 15.4. The van der Waals surface area contributed by atoms with Gasteiger partial charge in [0.25, 0.3) is 0 Å². The topological polar surface area (TPSA) is 28.2 Å². The van der Waals surface area contributed by atoms with E-state index in [2.05, 4.69) is 34.3 Å². The molecule has 3 nitrogen and oxygen atoms in total. The third-order valence-electron chi connectivity index (χ3n) is 4.48. The molecule has 0 radical (unpaired) electrons. The summed E-state index contributed by atoms with van der Waals surface area (Å²) >= 11 is 6.04. The maximum atomic E-state index is 6.04. The van der Waals surface area contributed by atoms with Crippen molar-refractivity contribution in [2.75, 3.05) is 31.5 Å². The number of anilines is 1. The molecule has 1 N–H and O–H groups in total. The molecule has 1 saturated heterocycles. The van der Waals surface area contributed by atoms with Crippen LogP contribution in [0.25, 0.3) is 10.9 Å². The van der Waals surface area contributed by atoms with Crippen molar-refractivity contribution in [1.29, 1.82) is 0 Å². The standard InChI is InChI=1S/C18H24ClN3/c1-2-3-9-22-10-7-14(13-22)12-21-17-6-8-20-18-11-15(19)4-5-16(17)18/h4-6,8,11,14H,2-3,7,9-10,12-13H2,1H3,(H,20,21)/t14-/m0/s1. The first-order chi connectivity index (χ1) is 10.8. The summed E-state index contributed by atoms with van der Waals surface area (Å²) in [5.41, 5.74) is 2.11. The number of aromatic nitrogens is 1. The Hall–Kier alpha value is -1.32. The molecule has 1 atom stereocenters. The predicted molar refractivity (Wildman–Crippen MR) is 94.7 cm³/mol. The molecule has 22 heavy (non-hydrogen) atoms. The molecule has 118 valence electrons. The van der Waals surface area contributed by atoms with Gasteiger partial charge in [0.05, 0.1) is 5.52 Å². The van der Waals surface area contributed by atoms with Crippen LogP contribution < -0.4 is 5.32 Å². The highest BCUT2D eigenvalue weighted by atomic mass is 35.5. The number of fused-ring (bicyclic) bond motifs is 1. The highest BCUT2D eigenvalue weighted by molar-refractivity contribution is 6.31. The average molecular weight is 318 g/mol. The lowest BCUT2D eigenvalue weighted by Crippen LogP contribution is -2.24. The predicted octanol–water partition coefficient (Wildman–Crippen LogP) is 4.42. The number of hydrogen-bond donors (Lipinski definition) is 1. The minimum absolute atomic E-state index is 0.736. The van der Waals surface area contributed by atoms with Crippen molar-refractivity contribution in [2.24, 2.45) is 5.92 Å². The third kappa shape index (κ3) is 3.71. The molecule has 3 rings (SSSR count). The molecule has 1 fully saturated rings. The summed E-state index contributed by atoms with van der Waals surface area (Å²) in [6, 6.07) is 7.96. The summed E-state index contributed by atoms with van der Waals surface area (Å²) in [7, 11) is 0. The van der Waals surface area contributed by atoms with Crippen LogP contribution in [0.5, 0.6) is 0 Å². The number of nitrogens with zero attached hydrogens (tertiary/aromatic N) is 2. The molecule has 1 aromatic carbocycles. The summed E-state index contributed by atoms with van der Waals surface area (Å²) in [6.07, 6.45) is 5.75. The lowest BCUT2D eigenvalue weighted by molar-refractivity contribution is 0.320. The fourth-order valence-electron chi connectivity index (χ4n) is 3.19. The smallest absolute Gasteiger partial charge is 0.0737 e. The first-order valence-corrected chi connectivity index (χ1v) is 8.64. The van der Waals surface area contributed by atoms with E-state index in [4.69, 9.17) is 11.6 Å². The first kappa shape index (κ1) is 15.6. The molecule has 0 bridgehead atoms. The van der Waals surface area contributed by atoms with E-state index in [0.717, 1.165) is 34.1 Å². The highest BCUT2D eigenvalue weighted by Crippen LogP contribution is 2.25. The molecule has 4 heteroatoms. The normalized spacial score (nSPS) is 18.9. The third-order valence-corrected chi connectivity index (χ3v) is 4.72. The molecular weight excluding hydrogens is 294 g/mol. The van der Waals surface area contributed by atoms with E-state index < -0.39 is 0 Å². The molecule has 0 saturated carbocycles. The number of benzene rings is 1.